The molecule has 2 aromatic carbocycles. The highest BCUT2D eigenvalue weighted by atomic mass is 35.5. The molecule has 0 atom stereocenters. The Bertz CT molecular complexity index is 1060. The molecule has 1 aliphatic heterocycles. The van der Waals surface area contributed by atoms with Gasteiger partial charge in [-0.05, 0) is 35.5 Å². The third-order valence-corrected chi connectivity index (χ3v) is 5.27. The topological polar surface area (TPSA) is 74.8 Å². The summed E-state index contributed by atoms with van der Waals surface area (Å²) in [5.74, 6) is 0.296. The van der Waals surface area contributed by atoms with Gasteiger partial charge in [-0.1, -0.05) is 47.5 Å². The molecule has 2 amide bonds. The standard InChI is InChI=1S/C17H9Cl2N3O2S/c18-10-5-6-11-14(13(10)19)21-15(20-11)9-3-1-8(2-4-9)7-12-16(23)22-17(24)25-12/h1-7H,(H,20,21)(H,22,23,24). The molecule has 0 spiro atoms. The van der Waals surface area contributed by atoms with Gasteiger partial charge >= 0.3 is 0 Å². The van der Waals surface area contributed by atoms with E-state index in [2.05, 4.69) is 15.3 Å². The fourth-order valence-corrected chi connectivity index (χ4v) is 3.51. The van der Waals surface area contributed by atoms with Crippen LogP contribution in [0.3, 0.4) is 0 Å². The van der Waals surface area contributed by atoms with Crippen LogP contribution in [-0.2, 0) is 4.79 Å². The molecule has 8 heteroatoms. The van der Waals surface area contributed by atoms with Crippen LogP contribution in [-0.4, -0.2) is 21.1 Å². The molecule has 3 aromatic rings. The van der Waals surface area contributed by atoms with Crippen molar-refractivity contribution < 1.29 is 9.59 Å². The SMILES string of the molecule is O=C1NC(=O)C(=Cc2ccc(-c3nc4c(Cl)c(Cl)ccc4[nH]3)cc2)S1. The van der Waals surface area contributed by atoms with Gasteiger partial charge in [-0.2, -0.15) is 0 Å². The monoisotopic (exact) mass is 389 g/mol. The van der Waals surface area contributed by atoms with Gasteiger partial charge in [0.2, 0.25) is 0 Å². The van der Waals surface area contributed by atoms with Crippen LogP contribution in [0.4, 0.5) is 4.79 Å². The highest BCUT2D eigenvalue weighted by Crippen LogP contribution is 2.31. The third kappa shape index (κ3) is 3.04. The number of imidazole rings is 1. The highest BCUT2D eigenvalue weighted by molar-refractivity contribution is 8.18. The van der Waals surface area contributed by atoms with E-state index in [0.29, 0.717) is 26.3 Å². The van der Waals surface area contributed by atoms with Crippen molar-refractivity contribution in [3.63, 3.8) is 0 Å². The average molecular weight is 390 g/mol. The summed E-state index contributed by atoms with van der Waals surface area (Å²) in [5, 5.41) is 2.74. The first-order valence-electron chi connectivity index (χ1n) is 7.20. The molecule has 1 saturated heterocycles. The molecule has 2 heterocycles. The van der Waals surface area contributed by atoms with Crippen molar-refractivity contribution in [2.45, 2.75) is 0 Å². The predicted molar refractivity (Wildman–Crippen MR) is 101 cm³/mol. The Balaban J connectivity index is 1.67. The number of hydrogen-bond acceptors (Lipinski definition) is 4. The van der Waals surface area contributed by atoms with Crippen molar-refractivity contribution in [3.05, 3.63) is 56.9 Å². The van der Waals surface area contributed by atoms with Gasteiger partial charge in [0.1, 0.15) is 11.3 Å². The van der Waals surface area contributed by atoms with E-state index in [-0.39, 0.29) is 11.1 Å². The number of aromatic amines is 1. The largest absolute Gasteiger partial charge is 0.338 e. The first-order chi connectivity index (χ1) is 12.0. The molecule has 0 radical (unpaired) electrons. The van der Waals surface area contributed by atoms with Gasteiger partial charge in [0.25, 0.3) is 11.1 Å². The Labute approximate surface area is 156 Å². The lowest BCUT2D eigenvalue weighted by Crippen LogP contribution is -2.17. The second-order valence-corrected chi connectivity index (χ2v) is 7.12. The summed E-state index contributed by atoms with van der Waals surface area (Å²) in [7, 11) is 0. The lowest BCUT2D eigenvalue weighted by molar-refractivity contribution is -0.115. The number of carbonyl (C=O) groups excluding carboxylic acids is 2. The summed E-state index contributed by atoms with van der Waals surface area (Å²) in [4.78, 5) is 30.8. The smallest absolute Gasteiger partial charge is 0.290 e. The van der Waals surface area contributed by atoms with Crippen molar-refractivity contribution in [2.75, 3.05) is 0 Å². The molecule has 0 aliphatic carbocycles. The van der Waals surface area contributed by atoms with Gasteiger partial charge in [-0.15, -0.1) is 0 Å². The van der Waals surface area contributed by atoms with E-state index < -0.39 is 0 Å². The van der Waals surface area contributed by atoms with Gasteiger partial charge in [-0.25, -0.2) is 4.98 Å². The highest BCUT2D eigenvalue weighted by Gasteiger charge is 2.24. The number of nitrogens with zero attached hydrogens (tertiary/aromatic N) is 1. The van der Waals surface area contributed by atoms with E-state index in [1.165, 1.54) is 0 Å². The first-order valence-corrected chi connectivity index (χ1v) is 8.77. The Hall–Kier alpha value is -2.28. The van der Waals surface area contributed by atoms with Crippen LogP contribution in [0.2, 0.25) is 10.0 Å². The maximum Gasteiger partial charge on any atom is 0.290 e. The summed E-state index contributed by atoms with van der Waals surface area (Å²) in [5.41, 5.74) is 3.10. The molecular weight excluding hydrogens is 381 g/mol. The number of halogens is 2. The predicted octanol–water partition coefficient (Wildman–Crippen LogP) is 4.86. The fraction of sp³-hybridized carbons (Fsp3) is 0. The number of rotatable bonds is 2. The molecule has 4 rings (SSSR count). The molecule has 2 N–H and O–H groups in total. The number of thioether (sulfide) groups is 1. The van der Waals surface area contributed by atoms with E-state index in [1.54, 1.807) is 12.1 Å². The summed E-state index contributed by atoms with van der Waals surface area (Å²) < 4.78 is 0. The zero-order chi connectivity index (χ0) is 17.6. The first kappa shape index (κ1) is 16.2. The third-order valence-electron chi connectivity index (χ3n) is 3.67. The Morgan fingerprint density at radius 1 is 1.04 bits per heavy atom. The molecule has 0 saturated carbocycles. The molecule has 25 heavy (non-hydrogen) atoms. The quantitative estimate of drug-likeness (QED) is 0.613. The second kappa shape index (κ2) is 6.22. The number of amides is 2. The summed E-state index contributed by atoms with van der Waals surface area (Å²) in [6.07, 6.45) is 1.67. The maximum absolute atomic E-state index is 11.6. The average Bonchev–Trinajstić information content (AvgIpc) is 3.16. The van der Waals surface area contributed by atoms with Crippen LogP contribution < -0.4 is 5.32 Å². The minimum atomic E-state index is -0.372. The van der Waals surface area contributed by atoms with Crippen molar-refractivity contribution in [2.24, 2.45) is 0 Å². The van der Waals surface area contributed by atoms with Crippen molar-refractivity contribution >= 4 is 63.2 Å². The number of nitrogens with one attached hydrogen (secondary N) is 2. The van der Waals surface area contributed by atoms with Crippen LogP contribution in [0.25, 0.3) is 28.5 Å². The number of fused-ring (bicyclic) bond motifs is 1. The van der Waals surface area contributed by atoms with Crippen molar-refractivity contribution in [3.8, 4) is 11.4 Å². The number of aromatic nitrogens is 2. The van der Waals surface area contributed by atoms with Gasteiger partial charge in [0, 0.05) is 5.56 Å². The molecule has 1 fully saturated rings. The summed E-state index contributed by atoms with van der Waals surface area (Å²) >= 11 is 13.1. The van der Waals surface area contributed by atoms with Crippen LogP contribution in [0.1, 0.15) is 5.56 Å². The zero-order valence-corrected chi connectivity index (χ0v) is 14.8. The van der Waals surface area contributed by atoms with Crippen LogP contribution >= 0.6 is 35.0 Å². The van der Waals surface area contributed by atoms with E-state index in [9.17, 15) is 9.59 Å². The number of hydrogen-bond donors (Lipinski definition) is 2. The van der Waals surface area contributed by atoms with E-state index in [1.807, 2.05) is 30.3 Å². The maximum atomic E-state index is 11.6. The molecule has 1 aromatic heterocycles. The molecular formula is C17H9Cl2N3O2S. The normalized spacial score (nSPS) is 16.0. The Morgan fingerprint density at radius 3 is 2.48 bits per heavy atom. The van der Waals surface area contributed by atoms with E-state index in [4.69, 9.17) is 23.2 Å². The minimum Gasteiger partial charge on any atom is -0.338 e. The van der Waals surface area contributed by atoms with Crippen molar-refractivity contribution in [1.82, 2.24) is 15.3 Å². The van der Waals surface area contributed by atoms with E-state index >= 15 is 0 Å². The number of carbonyl (C=O) groups is 2. The molecule has 1 aliphatic rings. The van der Waals surface area contributed by atoms with Crippen LogP contribution in [0.15, 0.2) is 41.3 Å². The minimum absolute atomic E-state index is 0.356. The molecule has 5 nitrogen and oxygen atoms in total. The van der Waals surface area contributed by atoms with Gasteiger partial charge in [-0.3, -0.25) is 14.9 Å². The van der Waals surface area contributed by atoms with Gasteiger partial charge in [0.05, 0.1) is 20.5 Å². The van der Waals surface area contributed by atoms with Gasteiger partial charge in [0.15, 0.2) is 0 Å². The molecule has 0 unspecified atom stereocenters. The molecule has 124 valence electrons. The molecule has 0 bridgehead atoms. The van der Waals surface area contributed by atoms with Crippen molar-refractivity contribution in [1.29, 1.82) is 0 Å². The zero-order valence-electron chi connectivity index (χ0n) is 12.5. The van der Waals surface area contributed by atoms with E-state index in [0.717, 1.165) is 28.4 Å². The Morgan fingerprint density at radius 2 is 1.80 bits per heavy atom. The fourth-order valence-electron chi connectivity index (χ4n) is 2.46. The van der Waals surface area contributed by atoms with Crippen LogP contribution in [0, 0.1) is 0 Å². The lowest BCUT2D eigenvalue weighted by atomic mass is 10.1. The Kier molecular flexibility index (Phi) is 4.03. The van der Waals surface area contributed by atoms with Gasteiger partial charge < -0.3 is 4.98 Å². The number of imide groups is 1. The second-order valence-electron chi connectivity index (χ2n) is 5.32. The van der Waals surface area contributed by atoms with Crippen LogP contribution in [0.5, 0.6) is 0 Å². The number of benzene rings is 2. The number of H-pyrrole nitrogens is 1. The lowest BCUT2D eigenvalue weighted by Gasteiger charge is -1.99. The summed E-state index contributed by atoms with van der Waals surface area (Å²) in [6.45, 7) is 0. The summed E-state index contributed by atoms with van der Waals surface area (Å²) in [6, 6.07) is 11.0.